The summed E-state index contributed by atoms with van der Waals surface area (Å²) < 4.78 is 37.8. The maximum Gasteiger partial charge on any atom is 0.268 e. The number of sulfonamides is 1. The highest BCUT2D eigenvalue weighted by atomic mass is 35.5. The molecule has 0 aliphatic carbocycles. The van der Waals surface area contributed by atoms with Crippen molar-refractivity contribution in [1.82, 2.24) is 14.9 Å². The zero-order valence-electron chi connectivity index (χ0n) is 14.7. The van der Waals surface area contributed by atoms with Gasteiger partial charge >= 0.3 is 0 Å². The van der Waals surface area contributed by atoms with Crippen LogP contribution in [0, 0.1) is 6.92 Å². The minimum Gasteiger partial charge on any atom is -0.385 e. The average Bonchev–Trinajstić information content (AvgIpc) is 3.26. The summed E-state index contributed by atoms with van der Waals surface area (Å²) in [6, 6.07) is 8.61. The SMILES string of the molecule is COCCCNS(=O)(=O)c1cc(-c2nc(-c3ccc(Cl)cc3)no2)sc1C. The summed E-state index contributed by atoms with van der Waals surface area (Å²) >= 11 is 7.17. The van der Waals surface area contributed by atoms with E-state index in [1.54, 1.807) is 44.4 Å². The van der Waals surface area contributed by atoms with Crippen LogP contribution in [0.15, 0.2) is 39.8 Å². The normalized spacial score (nSPS) is 11.8. The van der Waals surface area contributed by atoms with Gasteiger partial charge in [-0.25, -0.2) is 13.1 Å². The molecule has 3 rings (SSSR count). The number of hydrogen-bond donors (Lipinski definition) is 1. The topological polar surface area (TPSA) is 94.3 Å². The number of aromatic nitrogens is 2. The highest BCUT2D eigenvalue weighted by Gasteiger charge is 2.22. The molecule has 0 bridgehead atoms. The Balaban J connectivity index is 1.81. The van der Waals surface area contributed by atoms with Crippen LogP contribution in [0.5, 0.6) is 0 Å². The first-order valence-corrected chi connectivity index (χ1v) is 10.8. The first-order valence-electron chi connectivity index (χ1n) is 8.10. The molecule has 0 radical (unpaired) electrons. The van der Waals surface area contributed by atoms with Crippen molar-refractivity contribution < 1.29 is 17.7 Å². The minimum absolute atomic E-state index is 0.214. The van der Waals surface area contributed by atoms with Crippen LogP contribution in [0.25, 0.3) is 22.2 Å². The lowest BCUT2D eigenvalue weighted by molar-refractivity contribution is 0.196. The number of methoxy groups -OCH3 is 1. The Bertz CT molecular complexity index is 1010. The van der Waals surface area contributed by atoms with Crippen molar-refractivity contribution in [3.8, 4) is 22.2 Å². The van der Waals surface area contributed by atoms with Gasteiger partial charge in [0.1, 0.15) is 0 Å². The van der Waals surface area contributed by atoms with Crippen LogP contribution in [-0.2, 0) is 14.8 Å². The summed E-state index contributed by atoms with van der Waals surface area (Å²) in [7, 11) is -2.03. The predicted octanol–water partition coefficient (Wildman–Crippen LogP) is 3.74. The number of nitrogens with zero attached hydrogens (tertiary/aromatic N) is 2. The molecule has 2 aromatic heterocycles. The molecular weight excluding hydrogens is 410 g/mol. The Morgan fingerprint density at radius 2 is 2.04 bits per heavy atom. The standard InChI is InChI=1S/C17H18ClN3O4S2/c1-11-15(27(22,23)19-8-3-9-24-2)10-14(26-11)17-20-16(21-25-17)12-4-6-13(18)7-5-12/h4-7,10,19H,3,8-9H2,1-2H3. The van der Waals surface area contributed by atoms with E-state index in [2.05, 4.69) is 14.9 Å². The van der Waals surface area contributed by atoms with Gasteiger partial charge in [-0.15, -0.1) is 11.3 Å². The quantitative estimate of drug-likeness (QED) is 0.550. The highest BCUT2D eigenvalue weighted by molar-refractivity contribution is 7.89. The van der Waals surface area contributed by atoms with Crippen molar-refractivity contribution in [3.63, 3.8) is 0 Å². The van der Waals surface area contributed by atoms with E-state index in [0.29, 0.717) is 40.2 Å². The lowest BCUT2D eigenvalue weighted by atomic mass is 10.2. The van der Waals surface area contributed by atoms with Gasteiger partial charge in [0.2, 0.25) is 15.8 Å². The summed E-state index contributed by atoms with van der Waals surface area (Å²) in [5.74, 6) is 0.684. The third-order valence-corrected chi connectivity index (χ3v) is 6.73. The average molecular weight is 428 g/mol. The molecule has 0 aliphatic heterocycles. The Hall–Kier alpha value is -1.78. The van der Waals surface area contributed by atoms with Crippen molar-refractivity contribution in [2.75, 3.05) is 20.3 Å². The lowest BCUT2D eigenvalue weighted by Crippen LogP contribution is -2.25. The number of rotatable bonds is 8. The number of ether oxygens (including phenoxy) is 1. The van der Waals surface area contributed by atoms with Gasteiger partial charge in [0, 0.05) is 35.7 Å². The summed E-state index contributed by atoms with van der Waals surface area (Å²) in [6.07, 6.45) is 0.597. The number of halogens is 1. The van der Waals surface area contributed by atoms with Crippen LogP contribution in [-0.4, -0.2) is 38.8 Å². The predicted molar refractivity (Wildman–Crippen MR) is 104 cm³/mol. The van der Waals surface area contributed by atoms with Gasteiger partial charge in [-0.05, 0) is 43.7 Å². The molecular formula is C17H18ClN3O4S2. The van der Waals surface area contributed by atoms with E-state index in [4.69, 9.17) is 20.9 Å². The van der Waals surface area contributed by atoms with Crippen molar-refractivity contribution in [2.45, 2.75) is 18.2 Å². The molecule has 27 heavy (non-hydrogen) atoms. The fourth-order valence-electron chi connectivity index (χ4n) is 2.38. The summed E-state index contributed by atoms with van der Waals surface area (Å²) in [6.45, 7) is 2.54. The third-order valence-electron chi connectivity index (χ3n) is 3.72. The van der Waals surface area contributed by atoms with Crippen LogP contribution >= 0.6 is 22.9 Å². The minimum atomic E-state index is -3.61. The molecule has 1 aromatic carbocycles. The summed E-state index contributed by atoms with van der Waals surface area (Å²) in [4.78, 5) is 5.82. The Kier molecular flexibility index (Phi) is 6.28. The lowest BCUT2D eigenvalue weighted by Gasteiger charge is -2.05. The fraction of sp³-hybridized carbons (Fsp3) is 0.294. The molecule has 0 atom stereocenters. The van der Waals surface area contributed by atoms with Gasteiger partial charge < -0.3 is 9.26 Å². The number of thiophene rings is 1. The molecule has 2 heterocycles. The van der Waals surface area contributed by atoms with Crippen molar-refractivity contribution in [1.29, 1.82) is 0 Å². The molecule has 0 amide bonds. The third kappa shape index (κ3) is 4.74. The second-order valence-electron chi connectivity index (χ2n) is 5.71. The second-order valence-corrected chi connectivity index (χ2v) is 9.13. The smallest absolute Gasteiger partial charge is 0.268 e. The zero-order chi connectivity index (χ0) is 19.4. The van der Waals surface area contributed by atoms with Crippen LogP contribution < -0.4 is 4.72 Å². The largest absolute Gasteiger partial charge is 0.385 e. The monoisotopic (exact) mass is 427 g/mol. The molecule has 1 N–H and O–H groups in total. The molecule has 0 spiro atoms. The molecule has 0 fully saturated rings. The van der Waals surface area contributed by atoms with Gasteiger partial charge in [0.25, 0.3) is 5.89 Å². The van der Waals surface area contributed by atoms with E-state index in [1.807, 2.05) is 0 Å². The van der Waals surface area contributed by atoms with Gasteiger partial charge in [0.05, 0.1) is 9.77 Å². The van der Waals surface area contributed by atoms with Gasteiger partial charge in [-0.1, -0.05) is 16.8 Å². The maximum atomic E-state index is 12.5. The molecule has 0 unspecified atom stereocenters. The summed E-state index contributed by atoms with van der Waals surface area (Å²) in [5.41, 5.74) is 0.760. The Labute approximate surface area is 166 Å². The second kappa shape index (κ2) is 8.49. The fourth-order valence-corrected chi connectivity index (χ4v) is 5.09. The molecule has 0 saturated heterocycles. The van der Waals surface area contributed by atoms with Crippen LogP contribution in [0.4, 0.5) is 0 Å². The number of hydrogen-bond acceptors (Lipinski definition) is 7. The van der Waals surface area contributed by atoms with E-state index < -0.39 is 10.0 Å². The van der Waals surface area contributed by atoms with E-state index in [-0.39, 0.29) is 10.8 Å². The van der Waals surface area contributed by atoms with Crippen LogP contribution in [0.1, 0.15) is 11.3 Å². The molecule has 0 aliphatic rings. The van der Waals surface area contributed by atoms with Gasteiger partial charge in [-0.3, -0.25) is 0 Å². The van der Waals surface area contributed by atoms with Crippen LogP contribution in [0.3, 0.4) is 0 Å². The number of benzene rings is 1. The highest BCUT2D eigenvalue weighted by Crippen LogP contribution is 2.33. The molecule has 7 nitrogen and oxygen atoms in total. The maximum absolute atomic E-state index is 12.5. The molecule has 144 valence electrons. The number of aryl methyl sites for hydroxylation is 1. The molecule has 0 saturated carbocycles. The van der Waals surface area contributed by atoms with Crippen molar-refractivity contribution >= 4 is 33.0 Å². The van der Waals surface area contributed by atoms with E-state index in [0.717, 1.165) is 5.56 Å². The first-order chi connectivity index (χ1) is 12.9. The first kappa shape index (κ1) is 20.0. The van der Waals surface area contributed by atoms with Crippen molar-refractivity contribution in [3.05, 3.63) is 40.2 Å². The molecule has 10 heteroatoms. The van der Waals surface area contributed by atoms with E-state index >= 15 is 0 Å². The summed E-state index contributed by atoms with van der Waals surface area (Å²) in [5, 5.41) is 4.58. The van der Waals surface area contributed by atoms with Gasteiger partial charge in [-0.2, -0.15) is 4.98 Å². The zero-order valence-corrected chi connectivity index (χ0v) is 17.1. The Morgan fingerprint density at radius 3 is 2.74 bits per heavy atom. The van der Waals surface area contributed by atoms with E-state index in [1.165, 1.54) is 11.3 Å². The van der Waals surface area contributed by atoms with Gasteiger partial charge in [0.15, 0.2) is 0 Å². The Morgan fingerprint density at radius 1 is 1.30 bits per heavy atom. The van der Waals surface area contributed by atoms with Crippen LogP contribution in [0.2, 0.25) is 5.02 Å². The number of nitrogens with one attached hydrogen (secondary N) is 1. The van der Waals surface area contributed by atoms with Crippen molar-refractivity contribution in [2.24, 2.45) is 0 Å². The molecule has 3 aromatic rings. The van der Waals surface area contributed by atoms with E-state index in [9.17, 15) is 8.42 Å².